The molecular weight excluding hydrogens is 344 g/mol. The number of aliphatic carboxylic acids is 1. The Morgan fingerprint density at radius 2 is 1.56 bits per heavy atom. The van der Waals surface area contributed by atoms with Crippen molar-refractivity contribution in [2.24, 2.45) is 11.5 Å². The molecule has 0 saturated carbocycles. The maximum absolute atomic E-state index is 12.5. The van der Waals surface area contributed by atoms with E-state index in [2.05, 4.69) is 0 Å². The van der Waals surface area contributed by atoms with Gasteiger partial charge < -0.3 is 21.3 Å². The van der Waals surface area contributed by atoms with E-state index in [4.69, 9.17) is 16.2 Å². The van der Waals surface area contributed by atoms with Gasteiger partial charge in [-0.05, 0) is 48.1 Å². The molecule has 2 aromatic rings. The van der Waals surface area contributed by atoms with E-state index in [-0.39, 0.29) is 18.9 Å². The van der Waals surface area contributed by atoms with Gasteiger partial charge in [0.05, 0.1) is 0 Å². The molecule has 3 rings (SSSR count). The Bertz CT molecular complexity index is 806. The van der Waals surface area contributed by atoms with E-state index in [0.717, 1.165) is 22.3 Å². The lowest BCUT2D eigenvalue weighted by molar-refractivity contribution is -0.161. The number of nitrogens with two attached hydrogens (primary N) is 2. The summed E-state index contributed by atoms with van der Waals surface area (Å²) in [5.41, 5.74) is 13.6. The maximum Gasteiger partial charge on any atom is 0.337 e. The fourth-order valence-electron chi connectivity index (χ4n) is 3.57. The zero-order valence-corrected chi connectivity index (χ0v) is 15.1. The molecule has 0 bridgehead atoms. The molecule has 5 N–H and O–H groups in total. The molecule has 142 valence electrons. The van der Waals surface area contributed by atoms with Crippen LogP contribution in [-0.2, 0) is 14.3 Å². The number of unbranched alkanes of at least 4 members (excludes halogenated alkanes) is 1. The first-order valence-electron chi connectivity index (χ1n) is 9.07. The zero-order valence-electron chi connectivity index (χ0n) is 15.1. The number of ether oxygens (including phenoxy) is 1. The molecule has 6 heteroatoms. The van der Waals surface area contributed by atoms with Crippen LogP contribution in [0, 0.1) is 0 Å². The number of fused-ring (bicyclic) bond motifs is 3. The van der Waals surface area contributed by atoms with Gasteiger partial charge in [0, 0.05) is 5.92 Å². The van der Waals surface area contributed by atoms with Gasteiger partial charge in [0.25, 0.3) is 0 Å². The van der Waals surface area contributed by atoms with Crippen LogP contribution in [0.5, 0.6) is 0 Å². The van der Waals surface area contributed by atoms with Crippen LogP contribution in [-0.4, -0.2) is 35.7 Å². The van der Waals surface area contributed by atoms with E-state index in [1.165, 1.54) is 0 Å². The van der Waals surface area contributed by atoms with Gasteiger partial charge in [-0.2, -0.15) is 0 Å². The third-order valence-electron chi connectivity index (χ3n) is 5.11. The summed E-state index contributed by atoms with van der Waals surface area (Å²) in [5, 5.41) is 9.45. The van der Waals surface area contributed by atoms with E-state index in [1.54, 1.807) is 0 Å². The maximum atomic E-state index is 12.5. The summed E-state index contributed by atoms with van der Waals surface area (Å²) in [6, 6.07) is 15.9. The highest BCUT2D eigenvalue weighted by Crippen LogP contribution is 2.44. The minimum Gasteiger partial charge on any atom is -0.479 e. The highest BCUT2D eigenvalue weighted by Gasteiger charge is 2.44. The van der Waals surface area contributed by atoms with Crippen LogP contribution in [0.25, 0.3) is 11.1 Å². The summed E-state index contributed by atoms with van der Waals surface area (Å²) in [6.45, 7) is 0.469. The van der Waals surface area contributed by atoms with Gasteiger partial charge in [0.2, 0.25) is 5.54 Å². The number of benzene rings is 2. The first-order valence-corrected chi connectivity index (χ1v) is 9.07. The standard InChI is InChI=1S/C21H24N2O4/c22-12-6-5-11-21(23,19(24)25)20(26)27-13-18-16-9-3-1-7-14(16)15-8-2-4-10-17(15)18/h1-4,7-10,18H,5-6,11-13,22-23H2,(H,24,25)/t21-/m1/s1. The lowest BCUT2D eigenvalue weighted by atomic mass is 9.93. The van der Waals surface area contributed by atoms with Gasteiger partial charge in [-0.3, -0.25) is 0 Å². The summed E-state index contributed by atoms with van der Waals surface area (Å²) in [5.74, 6) is -2.42. The first kappa shape index (κ1) is 19.1. The second kappa shape index (κ2) is 7.90. The molecule has 0 aromatic heterocycles. The number of hydrogen-bond donors (Lipinski definition) is 3. The van der Waals surface area contributed by atoms with Crippen LogP contribution in [0.4, 0.5) is 0 Å². The number of carbonyl (C=O) groups is 2. The number of carboxylic acid groups (broad SMARTS) is 1. The van der Waals surface area contributed by atoms with Crippen molar-refractivity contribution in [1.82, 2.24) is 0 Å². The van der Waals surface area contributed by atoms with E-state index in [9.17, 15) is 14.7 Å². The lowest BCUT2D eigenvalue weighted by Gasteiger charge is -2.24. The monoisotopic (exact) mass is 368 g/mol. The predicted molar refractivity (Wildman–Crippen MR) is 102 cm³/mol. The Morgan fingerprint density at radius 1 is 1.00 bits per heavy atom. The van der Waals surface area contributed by atoms with Crippen molar-refractivity contribution in [2.75, 3.05) is 13.2 Å². The predicted octanol–water partition coefficient (Wildman–Crippen LogP) is 2.25. The minimum atomic E-state index is -2.05. The van der Waals surface area contributed by atoms with Gasteiger partial charge in [-0.15, -0.1) is 0 Å². The van der Waals surface area contributed by atoms with E-state index in [0.29, 0.717) is 19.4 Å². The summed E-state index contributed by atoms with van der Waals surface area (Å²) < 4.78 is 5.42. The van der Waals surface area contributed by atoms with Gasteiger partial charge in [-0.25, -0.2) is 9.59 Å². The van der Waals surface area contributed by atoms with Gasteiger partial charge in [0.15, 0.2) is 0 Å². The third kappa shape index (κ3) is 3.59. The Hall–Kier alpha value is -2.70. The molecule has 0 heterocycles. The largest absolute Gasteiger partial charge is 0.479 e. The molecule has 27 heavy (non-hydrogen) atoms. The number of hydrogen-bond acceptors (Lipinski definition) is 5. The van der Waals surface area contributed by atoms with E-state index >= 15 is 0 Å². The molecule has 0 unspecified atom stereocenters. The van der Waals surface area contributed by atoms with Crippen LogP contribution >= 0.6 is 0 Å². The molecule has 2 aromatic carbocycles. The molecule has 0 saturated heterocycles. The summed E-state index contributed by atoms with van der Waals surface area (Å²) >= 11 is 0. The van der Waals surface area contributed by atoms with Crippen molar-refractivity contribution in [3.63, 3.8) is 0 Å². The van der Waals surface area contributed by atoms with Crippen molar-refractivity contribution in [3.8, 4) is 11.1 Å². The summed E-state index contributed by atoms with van der Waals surface area (Å²) in [4.78, 5) is 24.1. The zero-order chi connectivity index (χ0) is 19.4. The van der Waals surface area contributed by atoms with Crippen LogP contribution in [0.3, 0.4) is 0 Å². The average Bonchev–Trinajstić information content (AvgIpc) is 3.00. The quantitative estimate of drug-likeness (QED) is 0.374. The minimum absolute atomic E-state index is 0.00376. The first-order chi connectivity index (χ1) is 13.0. The molecule has 0 spiro atoms. The summed E-state index contributed by atoms with van der Waals surface area (Å²) in [7, 11) is 0. The summed E-state index contributed by atoms with van der Waals surface area (Å²) in [6.07, 6.45) is 1.04. The van der Waals surface area contributed by atoms with Crippen LogP contribution in [0.15, 0.2) is 48.5 Å². The highest BCUT2D eigenvalue weighted by molar-refractivity contribution is 6.03. The second-order valence-corrected chi connectivity index (χ2v) is 6.85. The van der Waals surface area contributed by atoms with E-state index in [1.807, 2.05) is 48.5 Å². The fourth-order valence-corrected chi connectivity index (χ4v) is 3.57. The third-order valence-corrected chi connectivity index (χ3v) is 5.11. The smallest absolute Gasteiger partial charge is 0.337 e. The molecular formula is C21H24N2O4. The Morgan fingerprint density at radius 3 is 2.07 bits per heavy atom. The number of carbonyl (C=O) groups excluding carboxylic acids is 1. The number of esters is 1. The molecule has 1 aliphatic carbocycles. The molecule has 0 radical (unpaired) electrons. The van der Waals surface area contributed by atoms with Crippen LogP contribution in [0.1, 0.15) is 36.3 Å². The topological polar surface area (TPSA) is 116 Å². The fraction of sp³-hybridized carbons (Fsp3) is 0.333. The normalized spacial score (nSPS) is 14.9. The van der Waals surface area contributed by atoms with Crippen LogP contribution in [0.2, 0.25) is 0 Å². The van der Waals surface area contributed by atoms with Crippen molar-refractivity contribution < 1.29 is 19.4 Å². The van der Waals surface area contributed by atoms with Crippen molar-refractivity contribution in [1.29, 1.82) is 0 Å². The second-order valence-electron chi connectivity index (χ2n) is 6.85. The molecule has 0 amide bonds. The molecule has 1 atom stereocenters. The molecule has 6 nitrogen and oxygen atoms in total. The highest BCUT2D eigenvalue weighted by atomic mass is 16.5. The van der Waals surface area contributed by atoms with Crippen molar-refractivity contribution >= 4 is 11.9 Å². The Labute approximate surface area is 158 Å². The van der Waals surface area contributed by atoms with Gasteiger partial charge in [0.1, 0.15) is 6.61 Å². The molecule has 1 aliphatic rings. The molecule has 0 aliphatic heterocycles. The number of carboxylic acids is 1. The van der Waals surface area contributed by atoms with Crippen LogP contribution < -0.4 is 11.5 Å². The lowest BCUT2D eigenvalue weighted by Crippen LogP contribution is -2.56. The van der Waals surface area contributed by atoms with Crippen molar-refractivity contribution in [2.45, 2.75) is 30.7 Å². The SMILES string of the molecule is NCCCC[C@@](N)(C(=O)O)C(=O)OCC1c2ccccc2-c2ccccc21. The van der Waals surface area contributed by atoms with Gasteiger partial charge in [-0.1, -0.05) is 48.5 Å². The average molecular weight is 368 g/mol. The van der Waals surface area contributed by atoms with Gasteiger partial charge >= 0.3 is 11.9 Å². The van der Waals surface area contributed by atoms with Crippen molar-refractivity contribution in [3.05, 3.63) is 59.7 Å². The molecule has 0 fully saturated rings. The van der Waals surface area contributed by atoms with E-state index < -0.39 is 17.5 Å². The number of rotatable bonds is 8. The Balaban J connectivity index is 1.78. The Kier molecular flexibility index (Phi) is 5.58.